The monoisotopic (exact) mass is 369 g/mol. The van der Waals surface area contributed by atoms with E-state index in [0.717, 1.165) is 16.6 Å². The minimum absolute atomic E-state index is 0.262. The Bertz CT molecular complexity index is 541. The van der Waals surface area contributed by atoms with Crippen LogP contribution in [0.15, 0.2) is 22.7 Å². The molecule has 1 aromatic rings. The summed E-state index contributed by atoms with van der Waals surface area (Å²) in [7, 11) is 0. The molecular weight excluding hydrogens is 346 g/mol. The zero-order valence-corrected chi connectivity index (χ0v) is 14.9. The summed E-state index contributed by atoms with van der Waals surface area (Å²) in [6.07, 6.45) is 2.21. The number of halogens is 1. The maximum Gasteiger partial charge on any atom is 0.405 e. The van der Waals surface area contributed by atoms with E-state index in [9.17, 15) is 4.79 Å². The van der Waals surface area contributed by atoms with Crippen molar-refractivity contribution in [2.45, 2.75) is 51.5 Å². The molecule has 0 heterocycles. The second-order valence-electron chi connectivity index (χ2n) is 6.89. The van der Waals surface area contributed by atoms with E-state index in [-0.39, 0.29) is 5.92 Å². The molecule has 2 N–H and O–H groups in total. The van der Waals surface area contributed by atoms with Crippen LogP contribution in [0.4, 0.5) is 4.79 Å². The van der Waals surface area contributed by atoms with Crippen LogP contribution in [0, 0.1) is 5.92 Å². The smallest absolute Gasteiger partial charge is 0.405 e. The van der Waals surface area contributed by atoms with Crippen molar-refractivity contribution < 1.29 is 14.6 Å². The molecule has 5 heteroatoms. The highest BCUT2D eigenvalue weighted by atomic mass is 79.9. The van der Waals surface area contributed by atoms with Crippen molar-refractivity contribution in [2.75, 3.05) is 6.61 Å². The molecule has 1 aromatic carbocycles. The minimum Gasteiger partial charge on any atom is -0.493 e. The molecule has 1 unspecified atom stereocenters. The van der Waals surface area contributed by atoms with E-state index < -0.39 is 11.6 Å². The molecule has 1 amide bonds. The highest BCUT2D eigenvalue weighted by Crippen LogP contribution is 2.45. The van der Waals surface area contributed by atoms with Crippen molar-refractivity contribution >= 4 is 22.0 Å². The van der Waals surface area contributed by atoms with Gasteiger partial charge in [0.15, 0.2) is 0 Å². The molecule has 0 aliphatic heterocycles. The van der Waals surface area contributed by atoms with Gasteiger partial charge in [-0.2, -0.15) is 0 Å². The van der Waals surface area contributed by atoms with Crippen LogP contribution >= 0.6 is 15.9 Å². The molecule has 0 spiro atoms. The maximum absolute atomic E-state index is 10.8. The fourth-order valence-corrected chi connectivity index (χ4v) is 3.25. The third kappa shape index (κ3) is 5.20. The maximum atomic E-state index is 10.8. The summed E-state index contributed by atoms with van der Waals surface area (Å²) < 4.78 is 7.09. The number of rotatable bonds is 7. The Kier molecular flexibility index (Phi) is 5.37. The quantitative estimate of drug-likeness (QED) is 0.726. The summed E-state index contributed by atoms with van der Waals surface area (Å²) in [5.74, 6) is 1.85. The third-order valence-corrected chi connectivity index (χ3v) is 4.31. The summed E-state index contributed by atoms with van der Waals surface area (Å²) in [5.41, 5.74) is 0.831. The summed E-state index contributed by atoms with van der Waals surface area (Å²) >= 11 is 3.52. The number of hydrogen-bond acceptors (Lipinski definition) is 2. The standard InChI is InChI=1S/C17H24BrNO3/c1-11(9-17(2,3)19-16(20)21)10-22-15-7-6-13(18)8-14(15)12-4-5-12/h6-8,11-12,19H,4-5,9-10H2,1-3H3,(H,20,21). The minimum atomic E-state index is -0.984. The first-order valence-corrected chi connectivity index (χ1v) is 8.49. The van der Waals surface area contributed by atoms with Crippen LogP contribution in [0.3, 0.4) is 0 Å². The van der Waals surface area contributed by atoms with Gasteiger partial charge < -0.3 is 15.2 Å². The van der Waals surface area contributed by atoms with E-state index in [4.69, 9.17) is 9.84 Å². The van der Waals surface area contributed by atoms with Crippen molar-refractivity contribution in [1.29, 1.82) is 0 Å². The Labute approximate surface area is 140 Å². The van der Waals surface area contributed by atoms with Gasteiger partial charge in [0, 0.05) is 10.0 Å². The zero-order valence-electron chi connectivity index (χ0n) is 13.4. The molecule has 1 aliphatic rings. The summed E-state index contributed by atoms with van der Waals surface area (Å²) in [4.78, 5) is 10.8. The lowest BCUT2D eigenvalue weighted by atomic mass is 9.92. The zero-order chi connectivity index (χ0) is 16.3. The van der Waals surface area contributed by atoms with Crippen molar-refractivity contribution in [3.05, 3.63) is 28.2 Å². The third-order valence-electron chi connectivity index (χ3n) is 3.82. The SMILES string of the molecule is CC(COc1ccc(Br)cc1C1CC1)CC(C)(C)NC(=O)O. The average Bonchev–Trinajstić information content (AvgIpc) is 3.18. The molecule has 1 saturated carbocycles. The molecule has 22 heavy (non-hydrogen) atoms. The van der Waals surface area contributed by atoms with Gasteiger partial charge in [-0.25, -0.2) is 4.79 Å². The predicted molar refractivity (Wildman–Crippen MR) is 90.6 cm³/mol. The Hall–Kier alpha value is -1.23. The predicted octanol–water partition coefficient (Wildman–Crippen LogP) is 4.78. The summed E-state index contributed by atoms with van der Waals surface area (Å²) in [6, 6.07) is 6.17. The molecule has 2 rings (SSSR count). The Morgan fingerprint density at radius 2 is 2.18 bits per heavy atom. The van der Waals surface area contributed by atoms with Gasteiger partial charge in [0.1, 0.15) is 5.75 Å². The fourth-order valence-electron chi connectivity index (χ4n) is 2.87. The van der Waals surface area contributed by atoms with Gasteiger partial charge in [-0.15, -0.1) is 0 Å². The van der Waals surface area contributed by atoms with Crippen LogP contribution in [-0.4, -0.2) is 23.3 Å². The van der Waals surface area contributed by atoms with Gasteiger partial charge in [0.2, 0.25) is 0 Å². The van der Waals surface area contributed by atoms with Crippen LogP contribution in [0.5, 0.6) is 5.75 Å². The number of benzene rings is 1. The molecule has 1 aliphatic carbocycles. The lowest BCUT2D eigenvalue weighted by molar-refractivity contribution is 0.169. The van der Waals surface area contributed by atoms with Crippen molar-refractivity contribution in [2.24, 2.45) is 5.92 Å². The van der Waals surface area contributed by atoms with E-state index in [2.05, 4.69) is 34.2 Å². The molecular formula is C17H24BrNO3. The van der Waals surface area contributed by atoms with Crippen LogP contribution in [0.25, 0.3) is 0 Å². The number of carboxylic acid groups (broad SMARTS) is 1. The number of ether oxygens (including phenoxy) is 1. The van der Waals surface area contributed by atoms with Crippen LogP contribution in [-0.2, 0) is 0 Å². The fraction of sp³-hybridized carbons (Fsp3) is 0.588. The lowest BCUT2D eigenvalue weighted by Crippen LogP contribution is -2.44. The molecule has 122 valence electrons. The van der Waals surface area contributed by atoms with E-state index in [1.54, 1.807) is 0 Å². The van der Waals surface area contributed by atoms with E-state index in [0.29, 0.717) is 12.5 Å². The number of amides is 1. The Morgan fingerprint density at radius 1 is 1.50 bits per heavy atom. The van der Waals surface area contributed by atoms with Gasteiger partial charge >= 0.3 is 6.09 Å². The Morgan fingerprint density at radius 3 is 2.77 bits per heavy atom. The van der Waals surface area contributed by atoms with Crippen LogP contribution < -0.4 is 10.1 Å². The summed E-state index contributed by atoms with van der Waals surface area (Å²) in [6.45, 7) is 6.47. The highest BCUT2D eigenvalue weighted by molar-refractivity contribution is 9.10. The van der Waals surface area contributed by atoms with Crippen molar-refractivity contribution in [1.82, 2.24) is 5.32 Å². The molecule has 4 nitrogen and oxygen atoms in total. The second-order valence-corrected chi connectivity index (χ2v) is 7.81. The van der Waals surface area contributed by atoms with Gasteiger partial charge in [0.25, 0.3) is 0 Å². The van der Waals surface area contributed by atoms with Crippen molar-refractivity contribution in [3.8, 4) is 5.75 Å². The second kappa shape index (κ2) is 6.90. The number of carbonyl (C=O) groups is 1. The van der Waals surface area contributed by atoms with Gasteiger partial charge in [-0.05, 0) is 68.7 Å². The van der Waals surface area contributed by atoms with E-state index in [1.807, 2.05) is 26.0 Å². The molecule has 0 saturated heterocycles. The first kappa shape index (κ1) is 17.1. The largest absolute Gasteiger partial charge is 0.493 e. The molecule has 1 fully saturated rings. The van der Waals surface area contributed by atoms with Gasteiger partial charge in [0.05, 0.1) is 6.61 Å². The first-order chi connectivity index (χ1) is 10.3. The molecule has 1 atom stereocenters. The summed E-state index contributed by atoms with van der Waals surface area (Å²) in [5, 5.41) is 11.4. The van der Waals surface area contributed by atoms with Gasteiger partial charge in [-0.1, -0.05) is 22.9 Å². The topological polar surface area (TPSA) is 58.6 Å². The normalized spacial score (nSPS) is 16.2. The first-order valence-electron chi connectivity index (χ1n) is 7.70. The number of nitrogens with one attached hydrogen (secondary N) is 1. The van der Waals surface area contributed by atoms with Crippen molar-refractivity contribution in [3.63, 3.8) is 0 Å². The molecule has 0 bridgehead atoms. The molecule has 0 aromatic heterocycles. The van der Waals surface area contributed by atoms with Gasteiger partial charge in [-0.3, -0.25) is 0 Å². The van der Waals surface area contributed by atoms with E-state index in [1.165, 1.54) is 18.4 Å². The number of hydrogen-bond donors (Lipinski definition) is 2. The Balaban J connectivity index is 1.91. The molecule has 0 radical (unpaired) electrons. The average molecular weight is 370 g/mol. The van der Waals surface area contributed by atoms with Crippen LogP contribution in [0.2, 0.25) is 0 Å². The highest BCUT2D eigenvalue weighted by Gasteiger charge is 2.28. The van der Waals surface area contributed by atoms with Crippen LogP contribution in [0.1, 0.15) is 51.5 Å². The lowest BCUT2D eigenvalue weighted by Gasteiger charge is -2.28. The van der Waals surface area contributed by atoms with E-state index >= 15 is 0 Å².